The Bertz CT molecular complexity index is 410. The highest BCUT2D eigenvalue weighted by Crippen LogP contribution is 2.51. The standard InChI is InChI=1S/C15H25N3O2/c1-5-10-11(6-17-14(19)20-15(2,3)4)13-8-18(9-16)7-12(10)13/h10-13H,5-8H2,1-4H3,(H,17,19)/t10-,11+,12?,13-/m0/s1. The summed E-state index contributed by atoms with van der Waals surface area (Å²) in [7, 11) is 0. The van der Waals surface area contributed by atoms with Gasteiger partial charge in [-0.3, -0.25) is 0 Å². The van der Waals surface area contributed by atoms with E-state index in [9.17, 15) is 4.79 Å². The van der Waals surface area contributed by atoms with Gasteiger partial charge in [-0.05, 0) is 44.4 Å². The maximum atomic E-state index is 11.7. The Morgan fingerprint density at radius 2 is 1.95 bits per heavy atom. The van der Waals surface area contributed by atoms with E-state index in [-0.39, 0.29) is 6.09 Å². The van der Waals surface area contributed by atoms with Gasteiger partial charge >= 0.3 is 6.09 Å². The number of carbonyl (C=O) groups is 1. The summed E-state index contributed by atoms with van der Waals surface area (Å²) in [6.45, 7) is 10.2. The third-order valence-electron chi connectivity index (χ3n) is 4.56. The SMILES string of the molecule is CC[C@@H]1C2CN(C#N)C[C@H]2[C@@H]1CNC(=O)OC(C)(C)C. The van der Waals surface area contributed by atoms with Gasteiger partial charge in [-0.15, -0.1) is 0 Å². The summed E-state index contributed by atoms with van der Waals surface area (Å²) >= 11 is 0. The van der Waals surface area contributed by atoms with E-state index in [1.54, 1.807) is 0 Å². The topological polar surface area (TPSA) is 65.4 Å². The highest BCUT2D eigenvalue weighted by atomic mass is 16.6. The number of hydrogen-bond donors (Lipinski definition) is 1. The van der Waals surface area contributed by atoms with Crippen LogP contribution in [0.4, 0.5) is 4.79 Å². The molecule has 112 valence electrons. The Balaban J connectivity index is 1.84. The number of carbonyl (C=O) groups excluding carboxylic acids is 1. The van der Waals surface area contributed by atoms with Crippen LogP contribution in [-0.2, 0) is 4.74 Å². The van der Waals surface area contributed by atoms with Crippen LogP contribution in [0.25, 0.3) is 0 Å². The number of alkyl carbamates (subject to hydrolysis) is 1. The molecule has 2 aliphatic rings. The molecular weight excluding hydrogens is 254 g/mol. The number of fused-ring (bicyclic) bond motifs is 1. The summed E-state index contributed by atoms with van der Waals surface area (Å²) < 4.78 is 5.27. The molecule has 1 aliphatic carbocycles. The smallest absolute Gasteiger partial charge is 0.407 e. The van der Waals surface area contributed by atoms with Crippen molar-refractivity contribution in [3.63, 3.8) is 0 Å². The molecule has 0 aromatic rings. The molecule has 1 saturated heterocycles. The minimum Gasteiger partial charge on any atom is -0.444 e. The Morgan fingerprint density at radius 3 is 2.45 bits per heavy atom. The van der Waals surface area contributed by atoms with Gasteiger partial charge in [0.25, 0.3) is 0 Å². The van der Waals surface area contributed by atoms with Gasteiger partial charge in [-0.2, -0.15) is 5.26 Å². The van der Waals surface area contributed by atoms with Crippen LogP contribution in [-0.4, -0.2) is 36.2 Å². The number of nitrogens with one attached hydrogen (secondary N) is 1. The zero-order valence-electron chi connectivity index (χ0n) is 12.8. The molecule has 1 amide bonds. The van der Waals surface area contributed by atoms with Crippen LogP contribution in [0.1, 0.15) is 34.1 Å². The predicted molar refractivity (Wildman–Crippen MR) is 75.7 cm³/mol. The van der Waals surface area contributed by atoms with Crippen molar-refractivity contribution in [3.05, 3.63) is 0 Å². The maximum Gasteiger partial charge on any atom is 0.407 e. The van der Waals surface area contributed by atoms with Crippen LogP contribution in [0.5, 0.6) is 0 Å². The first-order valence-corrected chi connectivity index (χ1v) is 7.47. The van der Waals surface area contributed by atoms with Gasteiger partial charge in [0.15, 0.2) is 6.19 Å². The molecule has 20 heavy (non-hydrogen) atoms. The van der Waals surface area contributed by atoms with E-state index in [2.05, 4.69) is 18.4 Å². The Hall–Kier alpha value is -1.44. The van der Waals surface area contributed by atoms with Gasteiger partial charge in [0.05, 0.1) is 0 Å². The molecule has 5 nitrogen and oxygen atoms in total. The van der Waals surface area contributed by atoms with Crippen molar-refractivity contribution in [3.8, 4) is 6.19 Å². The largest absolute Gasteiger partial charge is 0.444 e. The molecule has 2 rings (SSSR count). The average Bonchev–Trinajstić information content (AvgIpc) is 2.68. The van der Waals surface area contributed by atoms with Crippen molar-refractivity contribution in [2.75, 3.05) is 19.6 Å². The Morgan fingerprint density at radius 1 is 1.35 bits per heavy atom. The second kappa shape index (κ2) is 5.51. The lowest BCUT2D eigenvalue weighted by Crippen LogP contribution is -2.51. The van der Waals surface area contributed by atoms with E-state index in [0.717, 1.165) is 19.5 Å². The molecule has 1 saturated carbocycles. The van der Waals surface area contributed by atoms with Crippen molar-refractivity contribution in [1.82, 2.24) is 10.2 Å². The first kappa shape index (κ1) is 15.0. The molecule has 4 atom stereocenters. The van der Waals surface area contributed by atoms with Crippen molar-refractivity contribution in [1.29, 1.82) is 5.26 Å². The van der Waals surface area contributed by atoms with Gasteiger partial charge in [-0.1, -0.05) is 13.3 Å². The van der Waals surface area contributed by atoms with Gasteiger partial charge < -0.3 is 15.0 Å². The second-order valence-corrected chi connectivity index (χ2v) is 6.95. The van der Waals surface area contributed by atoms with Crippen molar-refractivity contribution < 1.29 is 9.53 Å². The van der Waals surface area contributed by atoms with Gasteiger partial charge in [0.1, 0.15) is 5.60 Å². The van der Waals surface area contributed by atoms with E-state index in [1.165, 1.54) is 0 Å². The normalized spacial score (nSPS) is 32.0. The number of hydrogen-bond acceptors (Lipinski definition) is 4. The highest BCUT2D eigenvalue weighted by Gasteiger charge is 2.53. The lowest BCUT2D eigenvalue weighted by atomic mass is 9.57. The highest BCUT2D eigenvalue weighted by molar-refractivity contribution is 5.67. The third-order valence-corrected chi connectivity index (χ3v) is 4.56. The summed E-state index contributed by atoms with van der Waals surface area (Å²) in [5.41, 5.74) is -0.457. The number of rotatable bonds is 3. The molecule has 1 unspecified atom stereocenters. The van der Waals surface area contributed by atoms with Gasteiger partial charge in [0.2, 0.25) is 0 Å². The van der Waals surface area contributed by atoms with Crippen molar-refractivity contribution in [2.45, 2.75) is 39.7 Å². The molecule has 0 aromatic heterocycles. The predicted octanol–water partition coefficient (Wildman–Crippen LogP) is 2.20. The fourth-order valence-electron chi connectivity index (χ4n) is 3.75. The number of amides is 1. The molecule has 0 radical (unpaired) electrons. The van der Waals surface area contributed by atoms with Crippen LogP contribution >= 0.6 is 0 Å². The third kappa shape index (κ3) is 3.00. The molecule has 0 spiro atoms. The summed E-state index contributed by atoms with van der Waals surface area (Å²) in [6.07, 6.45) is 3.02. The quantitative estimate of drug-likeness (QED) is 0.804. The van der Waals surface area contributed by atoms with E-state index >= 15 is 0 Å². The van der Waals surface area contributed by atoms with Crippen molar-refractivity contribution in [2.24, 2.45) is 23.7 Å². The van der Waals surface area contributed by atoms with E-state index in [1.807, 2.05) is 25.7 Å². The van der Waals surface area contributed by atoms with Crippen LogP contribution in [0.2, 0.25) is 0 Å². The van der Waals surface area contributed by atoms with Crippen LogP contribution in [0.3, 0.4) is 0 Å². The lowest BCUT2D eigenvalue weighted by molar-refractivity contribution is 0.00848. The summed E-state index contributed by atoms with van der Waals surface area (Å²) in [6, 6.07) is 0. The van der Waals surface area contributed by atoms with Gasteiger partial charge in [0, 0.05) is 19.6 Å². The Kier molecular flexibility index (Phi) is 4.12. The minimum absolute atomic E-state index is 0.342. The minimum atomic E-state index is -0.457. The van der Waals surface area contributed by atoms with E-state index < -0.39 is 5.60 Å². The van der Waals surface area contributed by atoms with Gasteiger partial charge in [-0.25, -0.2) is 4.79 Å². The molecule has 1 aliphatic heterocycles. The molecule has 2 fully saturated rings. The average molecular weight is 279 g/mol. The summed E-state index contributed by atoms with van der Waals surface area (Å²) in [5.74, 6) is 2.28. The Labute approximate surface area is 121 Å². The summed E-state index contributed by atoms with van der Waals surface area (Å²) in [4.78, 5) is 13.6. The first-order chi connectivity index (χ1) is 9.35. The fourth-order valence-corrected chi connectivity index (χ4v) is 3.75. The van der Waals surface area contributed by atoms with E-state index in [0.29, 0.717) is 30.2 Å². The van der Waals surface area contributed by atoms with Crippen LogP contribution < -0.4 is 5.32 Å². The molecule has 0 aromatic carbocycles. The molecule has 1 heterocycles. The molecule has 1 N–H and O–H groups in total. The van der Waals surface area contributed by atoms with E-state index in [4.69, 9.17) is 10.00 Å². The number of nitrogens with zero attached hydrogens (tertiary/aromatic N) is 2. The van der Waals surface area contributed by atoms with Crippen molar-refractivity contribution >= 4 is 6.09 Å². The number of nitriles is 1. The fraction of sp³-hybridized carbons (Fsp3) is 0.867. The summed E-state index contributed by atoms with van der Waals surface area (Å²) in [5, 5.41) is 11.9. The van der Waals surface area contributed by atoms with Crippen LogP contribution in [0.15, 0.2) is 0 Å². The second-order valence-electron chi connectivity index (χ2n) is 6.95. The molecule has 0 bridgehead atoms. The monoisotopic (exact) mass is 279 g/mol. The molecule has 5 heteroatoms. The maximum absolute atomic E-state index is 11.7. The molecular formula is C15H25N3O2. The lowest BCUT2D eigenvalue weighted by Gasteiger charge is -2.48. The zero-order chi connectivity index (χ0) is 14.9. The van der Waals surface area contributed by atoms with Crippen LogP contribution in [0, 0.1) is 35.1 Å². The zero-order valence-corrected chi connectivity index (χ0v) is 12.8. The first-order valence-electron chi connectivity index (χ1n) is 7.47. The number of ether oxygens (including phenoxy) is 1. The number of likely N-dealkylation sites (tertiary alicyclic amines) is 1.